The maximum Gasteiger partial charge on any atom is 0.240 e. The Morgan fingerprint density at radius 1 is 1.10 bits per heavy atom. The highest BCUT2D eigenvalue weighted by molar-refractivity contribution is 6.08. The second kappa shape index (κ2) is 7.44. The van der Waals surface area contributed by atoms with Gasteiger partial charge < -0.3 is 9.73 Å². The van der Waals surface area contributed by atoms with Crippen molar-refractivity contribution in [3.8, 4) is 0 Å². The number of likely N-dealkylation sites (tertiary alicyclic amines) is 2. The van der Waals surface area contributed by atoms with Gasteiger partial charge in [0.05, 0.1) is 24.1 Å². The van der Waals surface area contributed by atoms with Gasteiger partial charge in [0.15, 0.2) is 0 Å². The maximum atomic E-state index is 12.8. The summed E-state index contributed by atoms with van der Waals surface area (Å²) in [6.07, 6.45) is 10.2. The van der Waals surface area contributed by atoms with Gasteiger partial charge in [0.2, 0.25) is 17.7 Å². The Morgan fingerprint density at radius 3 is 2.41 bits per heavy atom. The fourth-order valence-electron chi connectivity index (χ4n) is 5.65. The first-order chi connectivity index (χ1) is 14.1. The Bertz CT molecular complexity index is 797. The molecule has 1 saturated carbocycles. The summed E-state index contributed by atoms with van der Waals surface area (Å²) >= 11 is 0. The third kappa shape index (κ3) is 3.21. The molecule has 0 aromatic carbocycles. The first-order valence-corrected chi connectivity index (χ1v) is 10.7. The SMILES string of the molecule is O=C(CN1C(=O)C2C3C=CC(C3)C2C1=O)NCC(c1ccco1)N1CCCCC1. The summed E-state index contributed by atoms with van der Waals surface area (Å²) in [6, 6.07) is 3.76. The molecule has 5 rings (SSSR count). The highest BCUT2D eigenvalue weighted by atomic mass is 16.3. The molecule has 2 bridgehead atoms. The number of amides is 3. The lowest BCUT2D eigenvalue weighted by atomic mass is 9.85. The van der Waals surface area contributed by atoms with Crippen LogP contribution in [0.15, 0.2) is 35.0 Å². The molecule has 1 aromatic heterocycles. The minimum atomic E-state index is -0.291. The van der Waals surface area contributed by atoms with E-state index in [-0.39, 0.29) is 54.0 Å². The zero-order valence-electron chi connectivity index (χ0n) is 16.5. The summed E-state index contributed by atoms with van der Waals surface area (Å²) in [4.78, 5) is 41.7. The highest BCUT2D eigenvalue weighted by Gasteiger charge is 2.59. The summed E-state index contributed by atoms with van der Waals surface area (Å²) in [7, 11) is 0. The van der Waals surface area contributed by atoms with Crippen LogP contribution in [0.5, 0.6) is 0 Å². The van der Waals surface area contributed by atoms with Crippen molar-refractivity contribution in [1.82, 2.24) is 15.1 Å². The van der Waals surface area contributed by atoms with Crippen molar-refractivity contribution in [2.75, 3.05) is 26.2 Å². The van der Waals surface area contributed by atoms with E-state index in [0.29, 0.717) is 6.54 Å². The zero-order valence-corrected chi connectivity index (χ0v) is 16.5. The standard InChI is InChI=1S/C22H27N3O4/c26-18(13-25-21(27)19-14-6-7-15(11-14)20(19)22(25)28)23-12-16(17-5-4-10-29-17)24-8-2-1-3-9-24/h4-7,10,14-16,19-20H,1-3,8-9,11-13H2,(H,23,26). The van der Waals surface area contributed by atoms with Gasteiger partial charge in [-0.05, 0) is 56.3 Å². The van der Waals surface area contributed by atoms with Crippen molar-refractivity contribution >= 4 is 17.7 Å². The van der Waals surface area contributed by atoms with Crippen molar-refractivity contribution < 1.29 is 18.8 Å². The average Bonchev–Trinajstić information content (AvgIpc) is 3.51. The topological polar surface area (TPSA) is 82.9 Å². The van der Waals surface area contributed by atoms with Crippen molar-refractivity contribution in [2.45, 2.75) is 31.7 Å². The number of allylic oxidation sites excluding steroid dienone is 2. The Kier molecular flexibility index (Phi) is 4.78. The molecule has 0 radical (unpaired) electrons. The number of hydrogen-bond acceptors (Lipinski definition) is 5. The van der Waals surface area contributed by atoms with E-state index in [0.717, 1.165) is 38.1 Å². The van der Waals surface area contributed by atoms with Gasteiger partial charge in [-0.1, -0.05) is 18.6 Å². The number of rotatable bonds is 6. The van der Waals surface area contributed by atoms with E-state index >= 15 is 0 Å². The van der Waals surface area contributed by atoms with Crippen LogP contribution in [0.2, 0.25) is 0 Å². The molecule has 2 saturated heterocycles. The van der Waals surface area contributed by atoms with E-state index in [9.17, 15) is 14.4 Å². The number of carbonyl (C=O) groups is 3. The summed E-state index contributed by atoms with van der Waals surface area (Å²) in [5.41, 5.74) is 0. The third-order valence-electron chi connectivity index (χ3n) is 7.06. The summed E-state index contributed by atoms with van der Waals surface area (Å²) in [5, 5.41) is 2.94. The van der Waals surface area contributed by atoms with Gasteiger partial charge in [-0.2, -0.15) is 0 Å². The minimum Gasteiger partial charge on any atom is -0.468 e. The molecule has 29 heavy (non-hydrogen) atoms. The zero-order chi connectivity index (χ0) is 20.0. The number of imide groups is 1. The van der Waals surface area contributed by atoms with Crippen LogP contribution in [0.1, 0.15) is 37.5 Å². The second-order valence-electron chi connectivity index (χ2n) is 8.69. The van der Waals surface area contributed by atoms with E-state index in [4.69, 9.17) is 4.42 Å². The van der Waals surface area contributed by atoms with Crippen LogP contribution >= 0.6 is 0 Å². The largest absolute Gasteiger partial charge is 0.468 e. The quantitative estimate of drug-likeness (QED) is 0.584. The number of nitrogens with zero attached hydrogens (tertiary/aromatic N) is 2. The molecule has 7 nitrogen and oxygen atoms in total. The molecule has 1 N–H and O–H groups in total. The molecule has 154 valence electrons. The van der Waals surface area contributed by atoms with E-state index in [1.54, 1.807) is 6.26 Å². The van der Waals surface area contributed by atoms with Gasteiger partial charge in [0, 0.05) is 6.54 Å². The van der Waals surface area contributed by atoms with Crippen molar-refractivity contribution in [1.29, 1.82) is 0 Å². The van der Waals surface area contributed by atoms with Gasteiger partial charge in [-0.25, -0.2) is 0 Å². The molecule has 0 spiro atoms. The summed E-state index contributed by atoms with van der Waals surface area (Å²) in [6.45, 7) is 2.17. The Balaban J connectivity index is 1.21. The molecule has 3 heterocycles. The third-order valence-corrected chi connectivity index (χ3v) is 7.06. The normalized spacial score (nSPS) is 32.1. The Hall–Kier alpha value is -2.41. The fourth-order valence-corrected chi connectivity index (χ4v) is 5.65. The molecule has 2 aliphatic heterocycles. The van der Waals surface area contributed by atoms with Gasteiger partial charge in [-0.3, -0.25) is 24.2 Å². The molecule has 4 aliphatic rings. The number of carbonyl (C=O) groups excluding carboxylic acids is 3. The molecule has 2 aliphatic carbocycles. The summed E-state index contributed by atoms with van der Waals surface area (Å²) < 4.78 is 5.61. The van der Waals surface area contributed by atoms with E-state index in [1.807, 2.05) is 12.1 Å². The van der Waals surface area contributed by atoms with Crippen LogP contribution in [0.4, 0.5) is 0 Å². The van der Waals surface area contributed by atoms with Gasteiger partial charge in [0.25, 0.3) is 0 Å². The van der Waals surface area contributed by atoms with Crippen LogP contribution in [0, 0.1) is 23.7 Å². The number of piperidine rings is 1. The van der Waals surface area contributed by atoms with Gasteiger partial charge >= 0.3 is 0 Å². The summed E-state index contributed by atoms with van der Waals surface area (Å²) in [5.74, 6) is 0.00686. The predicted molar refractivity (Wildman–Crippen MR) is 104 cm³/mol. The van der Waals surface area contributed by atoms with E-state index in [1.165, 1.54) is 11.3 Å². The highest BCUT2D eigenvalue weighted by Crippen LogP contribution is 2.52. The van der Waals surface area contributed by atoms with Gasteiger partial charge in [-0.15, -0.1) is 0 Å². The first-order valence-electron chi connectivity index (χ1n) is 10.7. The van der Waals surface area contributed by atoms with Crippen LogP contribution < -0.4 is 5.32 Å². The van der Waals surface area contributed by atoms with Crippen LogP contribution in [-0.2, 0) is 14.4 Å². The maximum absolute atomic E-state index is 12.8. The van der Waals surface area contributed by atoms with Crippen LogP contribution in [0.25, 0.3) is 0 Å². The van der Waals surface area contributed by atoms with Crippen molar-refractivity contribution in [2.24, 2.45) is 23.7 Å². The molecular formula is C22H27N3O4. The van der Waals surface area contributed by atoms with E-state index in [2.05, 4.69) is 22.4 Å². The lowest BCUT2D eigenvalue weighted by Crippen LogP contribution is -2.45. The fraction of sp³-hybridized carbons (Fsp3) is 0.591. The van der Waals surface area contributed by atoms with Crippen molar-refractivity contribution in [3.63, 3.8) is 0 Å². The molecule has 1 aromatic rings. The lowest BCUT2D eigenvalue weighted by Gasteiger charge is -2.33. The minimum absolute atomic E-state index is 0.0290. The molecule has 7 heteroatoms. The lowest BCUT2D eigenvalue weighted by molar-refractivity contribution is -0.144. The van der Waals surface area contributed by atoms with E-state index < -0.39 is 0 Å². The number of hydrogen-bond donors (Lipinski definition) is 1. The second-order valence-corrected chi connectivity index (χ2v) is 8.69. The molecule has 5 atom stereocenters. The average molecular weight is 397 g/mol. The number of furan rings is 1. The van der Waals surface area contributed by atoms with Crippen LogP contribution in [-0.4, -0.2) is 53.7 Å². The molecular weight excluding hydrogens is 370 g/mol. The Morgan fingerprint density at radius 2 is 1.79 bits per heavy atom. The monoisotopic (exact) mass is 397 g/mol. The van der Waals surface area contributed by atoms with Crippen molar-refractivity contribution in [3.05, 3.63) is 36.3 Å². The Labute approximate surface area is 170 Å². The first kappa shape index (κ1) is 18.6. The smallest absolute Gasteiger partial charge is 0.240 e. The van der Waals surface area contributed by atoms with Crippen LogP contribution in [0.3, 0.4) is 0 Å². The molecule has 3 amide bonds. The molecule has 5 unspecified atom stereocenters. The molecule has 3 fully saturated rings. The van der Waals surface area contributed by atoms with Gasteiger partial charge in [0.1, 0.15) is 12.3 Å². The number of nitrogens with one attached hydrogen (secondary N) is 1. The number of fused-ring (bicyclic) bond motifs is 5. The predicted octanol–water partition coefficient (Wildman–Crippen LogP) is 1.73.